The van der Waals surface area contributed by atoms with Crippen molar-refractivity contribution in [3.05, 3.63) is 106 Å². The Morgan fingerprint density at radius 1 is 0.970 bits per heavy atom. The van der Waals surface area contributed by atoms with Crippen molar-refractivity contribution < 1.29 is 13.2 Å². The number of hydrogen-bond donors (Lipinski definition) is 1. The Kier molecular flexibility index (Phi) is 5.81. The predicted molar refractivity (Wildman–Crippen MR) is 128 cm³/mol. The Bertz CT molecular complexity index is 1500. The van der Waals surface area contributed by atoms with Crippen LogP contribution in [-0.4, -0.2) is 18.2 Å². The molecular weight excluding hydrogens is 458 g/mol. The third-order valence-electron chi connectivity index (χ3n) is 5.22. The van der Waals surface area contributed by atoms with Gasteiger partial charge < -0.3 is 5.73 Å². The summed E-state index contributed by atoms with van der Waals surface area (Å²) >= 11 is 5.96. The van der Waals surface area contributed by atoms with Crippen LogP contribution >= 0.6 is 11.6 Å². The van der Waals surface area contributed by atoms with E-state index in [1.165, 1.54) is 36.4 Å². The predicted octanol–water partition coefficient (Wildman–Crippen LogP) is 5.04. The molecule has 0 aliphatic heterocycles. The van der Waals surface area contributed by atoms with Crippen LogP contribution in [0.2, 0.25) is 5.02 Å². The van der Waals surface area contributed by atoms with Crippen LogP contribution in [0.25, 0.3) is 11.1 Å². The van der Waals surface area contributed by atoms with Gasteiger partial charge in [-0.2, -0.15) is 5.26 Å². The largest absolute Gasteiger partial charge is 0.383 e. The lowest BCUT2D eigenvalue weighted by Crippen LogP contribution is -2.21. The van der Waals surface area contributed by atoms with Gasteiger partial charge in [0.1, 0.15) is 23.1 Å². The highest BCUT2D eigenvalue weighted by atomic mass is 35.5. The van der Waals surface area contributed by atoms with E-state index in [-0.39, 0.29) is 33.1 Å². The molecule has 1 heterocycles. The molecule has 0 radical (unpaired) electrons. The maximum absolute atomic E-state index is 13.7. The highest BCUT2D eigenvalue weighted by Gasteiger charge is 2.34. The third kappa shape index (κ3) is 3.91. The summed E-state index contributed by atoms with van der Waals surface area (Å²) in [5.41, 5.74) is 7.67. The average molecular weight is 476 g/mol. The van der Waals surface area contributed by atoms with Crippen molar-refractivity contribution in [2.24, 2.45) is 0 Å². The number of aromatic nitrogens is 1. The molecule has 4 aromatic rings. The van der Waals surface area contributed by atoms with Gasteiger partial charge in [0.25, 0.3) is 10.0 Å². The number of nitriles is 1. The summed E-state index contributed by atoms with van der Waals surface area (Å²) < 4.78 is 28.2. The summed E-state index contributed by atoms with van der Waals surface area (Å²) in [4.78, 5) is 13.6. The average Bonchev–Trinajstić information content (AvgIpc) is 3.12. The summed E-state index contributed by atoms with van der Waals surface area (Å²) in [6, 6.07) is 22.9. The number of nitrogen functional groups attached to an aromatic ring is 1. The van der Waals surface area contributed by atoms with Crippen LogP contribution in [0.3, 0.4) is 0 Å². The summed E-state index contributed by atoms with van der Waals surface area (Å²) in [6.45, 7) is 1.83. The molecule has 3 aromatic carbocycles. The zero-order valence-corrected chi connectivity index (χ0v) is 19.1. The Hall–Kier alpha value is -3.86. The molecule has 0 bridgehead atoms. The molecule has 0 unspecified atom stereocenters. The van der Waals surface area contributed by atoms with Crippen LogP contribution in [-0.2, 0) is 10.0 Å². The van der Waals surface area contributed by atoms with Crippen LogP contribution in [0, 0.1) is 18.3 Å². The molecule has 33 heavy (non-hydrogen) atoms. The van der Waals surface area contributed by atoms with Crippen molar-refractivity contribution in [2.75, 3.05) is 5.73 Å². The minimum atomic E-state index is -4.30. The Balaban J connectivity index is 2.10. The number of anilines is 1. The first-order valence-electron chi connectivity index (χ1n) is 9.88. The molecule has 0 spiro atoms. The van der Waals surface area contributed by atoms with Gasteiger partial charge in [0.15, 0.2) is 0 Å². The lowest BCUT2D eigenvalue weighted by atomic mass is 9.97. The standard InChI is InChI=1S/C25H18ClN3O3S/c1-16-7-13-20(14-8-16)33(31,32)29-23(24(30)18-9-11-19(26)12-10-18)22(21(15-27)25(29)28)17-5-3-2-4-6-17/h2-14H,28H2,1H3. The van der Waals surface area contributed by atoms with Crippen molar-refractivity contribution in [3.8, 4) is 17.2 Å². The lowest BCUT2D eigenvalue weighted by molar-refractivity contribution is 0.103. The summed E-state index contributed by atoms with van der Waals surface area (Å²) in [5.74, 6) is -0.927. The van der Waals surface area contributed by atoms with Gasteiger partial charge in [0.05, 0.1) is 4.90 Å². The highest BCUT2D eigenvalue weighted by Crippen LogP contribution is 2.38. The molecular formula is C25H18ClN3O3S. The maximum Gasteiger partial charge on any atom is 0.270 e. The number of nitrogens with two attached hydrogens (primary N) is 1. The van der Waals surface area contributed by atoms with E-state index in [2.05, 4.69) is 0 Å². The van der Waals surface area contributed by atoms with Gasteiger partial charge in [-0.25, -0.2) is 12.4 Å². The summed E-state index contributed by atoms with van der Waals surface area (Å²) in [7, 11) is -4.30. The fraction of sp³-hybridized carbons (Fsp3) is 0.0400. The van der Waals surface area contributed by atoms with Crippen LogP contribution in [0.4, 0.5) is 5.82 Å². The minimum absolute atomic E-state index is 0.0518. The molecule has 164 valence electrons. The van der Waals surface area contributed by atoms with Crippen molar-refractivity contribution in [1.82, 2.24) is 3.97 Å². The summed E-state index contributed by atoms with van der Waals surface area (Å²) in [5, 5.41) is 10.3. The number of benzene rings is 3. The van der Waals surface area contributed by atoms with Crippen LogP contribution in [0.5, 0.6) is 0 Å². The normalized spacial score (nSPS) is 11.2. The quantitative estimate of drug-likeness (QED) is 0.407. The van der Waals surface area contributed by atoms with Gasteiger partial charge in [0, 0.05) is 16.1 Å². The van der Waals surface area contributed by atoms with E-state index in [4.69, 9.17) is 17.3 Å². The number of carbonyl (C=O) groups excluding carboxylic acids is 1. The molecule has 0 aliphatic carbocycles. The summed E-state index contributed by atoms with van der Waals surface area (Å²) in [6.07, 6.45) is 0. The van der Waals surface area contributed by atoms with E-state index in [9.17, 15) is 18.5 Å². The number of rotatable bonds is 5. The number of halogens is 1. The van der Waals surface area contributed by atoms with Gasteiger partial charge in [0.2, 0.25) is 5.78 Å². The first kappa shape index (κ1) is 22.3. The van der Waals surface area contributed by atoms with Crippen molar-refractivity contribution in [2.45, 2.75) is 11.8 Å². The number of ketones is 1. The second kappa shape index (κ2) is 8.58. The molecule has 2 N–H and O–H groups in total. The molecule has 0 fully saturated rings. The zero-order chi connectivity index (χ0) is 23.8. The molecule has 0 aliphatic rings. The van der Waals surface area contributed by atoms with E-state index >= 15 is 0 Å². The number of hydrogen-bond acceptors (Lipinski definition) is 5. The zero-order valence-electron chi connectivity index (χ0n) is 17.5. The molecule has 0 atom stereocenters. The van der Waals surface area contributed by atoms with Crippen LogP contribution < -0.4 is 5.73 Å². The monoisotopic (exact) mass is 475 g/mol. The fourth-order valence-electron chi connectivity index (χ4n) is 3.58. The topological polar surface area (TPSA) is 106 Å². The first-order chi connectivity index (χ1) is 15.8. The SMILES string of the molecule is Cc1ccc(S(=O)(=O)n2c(N)c(C#N)c(-c3ccccc3)c2C(=O)c2ccc(Cl)cc2)cc1. The second-order valence-electron chi connectivity index (χ2n) is 7.38. The van der Waals surface area contributed by atoms with Crippen molar-refractivity contribution >= 4 is 33.2 Å². The third-order valence-corrected chi connectivity index (χ3v) is 7.20. The van der Waals surface area contributed by atoms with E-state index in [1.54, 1.807) is 42.5 Å². The van der Waals surface area contributed by atoms with Gasteiger partial charge in [-0.15, -0.1) is 0 Å². The van der Waals surface area contributed by atoms with Gasteiger partial charge >= 0.3 is 0 Å². The molecule has 1 aromatic heterocycles. The Morgan fingerprint density at radius 3 is 2.15 bits per heavy atom. The molecule has 4 rings (SSSR count). The van der Waals surface area contributed by atoms with E-state index in [0.717, 1.165) is 9.54 Å². The maximum atomic E-state index is 13.7. The minimum Gasteiger partial charge on any atom is -0.383 e. The second-order valence-corrected chi connectivity index (χ2v) is 9.60. The van der Waals surface area contributed by atoms with E-state index in [1.807, 2.05) is 13.0 Å². The Morgan fingerprint density at radius 2 is 1.58 bits per heavy atom. The van der Waals surface area contributed by atoms with Gasteiger partial charge in [-0.1, -0.05) is 59.6 Å². The molecule has 0 amide bonds. The number of nitrogens with zero attached hydrogens (tertiary/aromatic N) is 2. The smallest absolute Gasteiger partial charge is 0.270 e. The molecule has 0 saturated carbocycles. The number of aryl methyl sites for hydroxylation is 1. The van der Waals surface area contributed by atoms with Crippen molar-refractivity contribution in [3.63, 3.8) is 0 Å². The van der Waals surface area contributed by atoms with Crippen LogP contribution in [0.15, 0.2) is 83.8 Å². The fourth-order valence-corrected chi connectivity index (χ4v) is 5.16. The number of carbonyl (C=O) groups is 1. The Labute approximate surface area is 196 Å². The molecule has 0 saturated heterocycles. The first-order valence-corrected chi connectivity index (χ1v) is 11.7. The van der Waals surface area contributed by atoms with Crippen molar-refractivity contribution in [1.29, 1.82) is 5.26 Å². The molecule has 8 heteroatoms. The molecule has 6 nitrogen and oxygen atoms in total. The van der Waals surface area contributed by atoms with E-state index < -0.39 is 15.8 Å². The van der Waals surface area contributed by atoms with Gasteiger partial charge in [-0.3, -0.25) is 4.79 Å². The van der Waals surface area contributed by atoms with E-state index in [0.29, 0.717) is 10.6 Å². The highest BCUT2D eigenvalue weighted by molar-refractivity contribution is 7.90. The van der Waals surface area contributed by atoms with Gasteiger partial charge in [-0.05, 0) is 48.9 Å². The van der Waals surface area contributed by atoms with Crippen LogP contribution in [0.1, 0.15) is 27.2 Å². The lowest BCUT2D eigenvalue weighted by Gasteiger charge is -2.13.